The van der Waals surface area contributed by atoms with Crippen LogP contribution in [0, 0.1) is 0 Å². The first-order chi connectivity index (χ1) is 12.5. The second-order valence-electron chi connectivity index (χ2n) is 6.07. The standard InChI is InChI=1S/C18H24N4O2S2/c1-4-5-10-16-21-22-18(26-16)20-17(24)13-8-6-7-9-14(13)25-11-15(23)19-12(2)3/h6-9,12H,4-5,10-11H2,1-3H3,(H,19,23)(H,20,22,24). The molecule has 6 nitrogen and oxygen atoms in total. The highest BCUT2D eigenvalue weighted by Gasteiger charge is 2.15. The van der Waals surface area contributed by atoms with Crippen LogP contribution in [0.3, 0.4) is 0 Å². The first-order valence-corrected chi connectivity index (χ1v) is 10.4. The summed E-state index contributed by atoms with van der Waals surface area (Å²) in [6.07, 6.45) is 3.03. The molecule has 0 spiro atoms. The maximum absolute atomic E-state index is 12.6. The lowest BCUT2D eigenvalue weighted by molar-refractivity contribution is -0.119. The van der Waals surface area contributed by atoms with Crippen LogP contribution in [-0.4, -0.2) is 33.8 Å². The number of benzene rings is 1. The first kappa shape index (κ1) is 20.4. The summed E-state index contributed by atoms with van der Waals surface area (Å²) in [5.41, 5.74) is 0.528. The molecule has 0 fully saturated rings. The number of hydrogen-bond acceptors (Lipinski definition) is 6. The maximum Gasteiger partial charge on any atom is 0.258 e. The Kier molecular flexibility index (Phi) is 8.06. The van der Waals surface area contributed by atoms with E-state index in [1.54, 1.807) is 12.1 Å². The number of nitrogens with zero attached hydrogens (tertiary/aromatic N) is 2. The third kappa shape index (κ3) is 6.42. The third-order valence-electron chi connectivity index (χ3n) is 3.37. The van der Waals surface area contributed by atoms with Crippen LogP contribution in [-0.2, 0) is 11.2 Å². The van der Waals surface area contributed by atoms with Gasteiger partial charge in [-0.05, 0) is 32.4 Å². The second-order valence-corrected chi connectivity index (χ2v) is 8.14. The smallest absolute Gasteiger partial charge is 0.258 e. The van der Waals surface area contributed by atoms with Crippen molar-refractivity contribution in [1.29, 1.82) is 0 Å². The number of rotatable bonds is 9. The molecule has 8 heteroatoms. The molecule has 0 saturated carbocycles. The highest BCUT2D eigenvalue weighted by atomic mass is 32.2. The number of aromatic nitrogens is 2. The van der Waals surface area contributed by atoms with E-state index >= 15 is 0 Å². The Balaban J connectivity index is 2.00. The number of nitrogens with one attached hydrogen (secondary N) is 2. The monoisotopic (exact) mass is 392 g/mol. The number of aryl methyl sites for hydroxylation is 1. The minimum Gasteiger partial charge on any atom is -0.353 e. The van der Waals surface area contributed by atoms with E-state index in [1.165, 1.54) is 23.1 Å². The molecule has 2 amide bonds. The molecule has 0 bridgehead atoms. The Morgan fingerprint density at radius 3 is 2.73 bits per heavy atom. The predicted octanol–water partition coefficient (Wildman–Crippen LogP) is 3.75. The molecule has 26 heavy (non-hydrogen) atoms. The Hall–Kier alpha value is -1.93. The van der Waals surface area contributed by atoms with Crippen molar-refractivity contribution in [2.45, 2.75) is 51.0 Å². The number of carbonyl (C=O) groups excluding carboxylic acids is 2. The van der Waals surface area contributed by atoms with Crippen LogP contribution in [0.5, 0.6) is 0 Å². The van der Waals surface area contributed by atoms with E-state index in [4.69, 9.17) is 0 Å². The number of thioether (sulfide) groups is 1. The SMILES string of the molecule is CCCCc1nnc(NC(=O)c2ccccc2SCC(=O)NC(C)C)s1. The van der Waals surface area contributed by atoms with Crippen molar-refractivity contribution in [1.82, 2.24) is 15.5 Å². The van der Waals surface area contributed by atoms with Gasteiger partial charge in [0.15, 0.2) is 0 Å². The molecule has 0 aliphatic heterocycles. The molecule has 2 rings (SSSR count). The summed E-state index contributed by atoms with van der Waals surface area (Å²) < 4.78 is 0. The van der Waals surface area contributed by atoms with Gasteiger partial charge in [-0.15, -0.1) is 22.0 Å². The molecule has 140 valence electrons. The van der Waals surface area contributed by atoms with E-state index in [0.717, 1.165) is 29.2 Å². The van der Waals surface area contributed by atoms with Gasteiger partial charge in [-0.1, -0.05) is 36.8 Å². The summed E-state index contributed by atoms with van der Waals surface area (Å²) in [7, 11) is 0. The van der Waals surface area contributed by atoms with Crippen molar-refractivity contribution >= 4 is 40.0 Å². The number of amides is 2. The average Bonchev–Trinajstić information content (AvgIpc) is 3.05. The Bertz CT molecular complexity index is 746. The fourth-order valence-electron chi connectivity index (χ4n) is 2.18. The summed E-state index contributed by atoms with van der Waals surface area (Å²) in [6, 6.07) is 7.35. The van der Waals surface area contributed by atoms with Crippen molar-refractivity contribution in [3.05, 3.63) is 34.8 Å². The molecule has 0 unspecified atom stereocenters. The summed E-state index contributed by atoms with van der Waals surface area (Å²) in [5, 5.41) is 15.2. The van der Waals surface area contributed by atoms with Crippen LogP contribution in [0.1, 0.15) is 49.0 Å². The molecule has 2 N–H and O–H groups in total. The van der Waals surface area contributed by atoms with E-state index in [1.807, 2.05) is 26.0 Å². The van der Waals surface area contributed by atoms with Crippen LogP contribution in [0.25, 0.3) is 0 Å². The van der Waals surface area contributed by atoms with Crippen LogP contribution >= 0.6 is 23.1 Å². The van der Waals surface area contributed by atoms with Gasteiger partial charge >= 0.3 is 0 Å². The lowest BCUT2D eigenvalue weighted by Crippen LogP contribution is -2.31. The number of hydrogen-bond donors (Lipinski definition) is 2. The molecule has 0 radical (unpaired) electrons. The third-order valence-corrected chi connectivity index (χ3v) is 5.34. The minimum absolute atomic E-state index is 0.0510. The number of unbranched alkanes of at least 4 members (excludes halogenated alkanes) is 1. The highest BCUT2D eigenvalue weighted by Crippen LogP contribution is 2.24. The zero-order valence-electron chi connectivity index (χ0n) is 15.2. The molecular formula is C18H24N4O2S2. The molecule has 1 aromatic carbocycles. The highest BCUT2D eigenvalue weighted by molar-refractivity contribution is 8.00. The molecule has 1 aromatic heterocycles. The van der Waals surface area contributed by atoms with Gasteiger partial charge in [-0.2, -0.15) is 0 Å². The Morgan fingerprint density at radius 2 is 2.00 bits per heavy atom. The summed E-state index contributed by atoms with van der Waals surface area (Å²) in [4.78, 5) is 25.2. The Labute approximate surface area is 162 Å². The van der Waals surface area contributed by atoms with Crippen molar-refractivity contribution < 1.29 is 9.59 Å². The van der Waals surface area contributed by atoms with Gasteiger partial charge in [0.2, 0.25) is 11.0 Å². The van der Waals surface area contributed by atoms with E-state index in [9.17, 15) is 9.59 Å². The van der Waals surface area contributed by atoms with Gasteiger partial charge in [0, 0.05) is 17.4 Å². The molecular weight excluding hydrogens is 368 g/mol. The van der Waals surface area contributed by atoms with Crippen molar-refractivity contribution in [3.8, 4) is 0 Å². The molecule has 2 aromatic rings. The van der Waals surface area contributed by atoms with Gasteiger partial charge in [0.1, 0.15) is 5.01 Å². The molecule has 1 heterocycles. The van der Waals surface area contributed by atoms with Gasteiger partial charge in [0.25, 0.3) is 5.91 Å². The molecule has 0 aliphatic rings. The maximum atomic E-state index is 12.6. The van der Waals surface area contributed by atoms with Crippen LogP contribution in [0.15, 0.2) is 29.2 Å². The Morgan fingerprint density at radius 1 is 1.23 bits per heavy atom. The van der Waals surface area contributed by atoms with Gasteiger partial charge < -0.3 is 5.32 Å². The van der Waals surface area contributed by atoms with Crippen molar-refractivity contribution in [2.24, 2.45) is 0 Å². The van der Waals surface area contributed by atoms with E-state index in [2.05, 4.69) is 27.8 Å². The summed E-state index contributed by atoms with van der Waals surface area (Å²) in [6.45, 7) is 5.96. The zero-order chi connectivity index (χ0) is 18.9. The minimum atomic E-state index is -0.240. The fraction of sp³-hybridized carbons (Fsp3) is 0.444. The quantitative estimate of drug-likeness (QED) is 0.635. The van der Waals surface area contributed by atoms with Crippen molar-refractivity contribution in [3.63, 3.8) is 0 Å². The van der Waals surface area contributed by atoms with Gasteiger partial charge in [-0.3, -0.25) is 14.9 Å². The van der Waals surface area contributed by atoms with E-state index in [-0.39, 0.29) is 23.6 Å². The summed E-state index contributed by atoms with van der Waals surface area (Å²) in [5.74, 6) is -0.0249. The largest absolute Gasteiger partial charge is 0.353 e. The van der Waals surface area contributed by atoms with Crippen LogP contribution in [0.2, 0.25) is 0 Å². The van der Waals surface area contributed by atoms with Crippen LogP contribution < -0.4 is 10.6 Å². The normalized spacial score (nSPS) is 10.8. The molecule has 0 aliphatic carbocycles. The average molecular weight is 393 g/mol. The predicted molar refractivity (Wildman–Crippen MR) is 107 cm³/mol. The van der Waals surface area contributed by atoms with Gasteiger partial charge in [-0.25, -0.2) is 0 Å². The molecule has 0 atom stereocenters. The number of anilines is 1. The first-order valence-electron chi connectivity index (χ1n) is 8.64. The fourth-order valence-corrected chi connectivity index (χ4v) is 3.82. The van der Waals surface area contributed by atoms with E-state index in [0.29, 0.717) is 10.7 Å². The van der Waals surface area contributed by atoms with Crippen molar-refractivity contribution in [2.75, 3.05) is 11.1 Å². The van der Waals surface area contributed by atoms with E-state index < -0.39 is 0 Å². The topological polar surface area (TPSA) is 84.0 Å². The second kappa shape index (κ2) is 10.3. The van der Waals surface area contributed by atoms with Gasteiger partial charge in [0.05, 0.1) is 11.3 Å². The zero-order valence-corrected chi connectivity index (χ0v) is 16.9. The summed E-state index contributed by atoms with van der Waals surface area (Å²) >= 11 is 2.75. The lowest BCUT2D eigenvalue weighted by atomic mass is 10.2. The van der Waals surface area contributed by atoms with Crippen LogP contribution in [0.4, 0.5) is 5.13 Å². The molecule has 0 saturated heterocycles. The number of carbonyl (C=O) groups is 2. The lowest BCUT2D eigenvalue weighted by Gasteiger charge is -2.10.